The van der Waals surface area contributed by atoms with E-state index in [1.54, 1.807) is 0 Å². The van der Waals surface area contributed by atoms with Crippen LogP contribution in [0.15, 0.2) is 50.0 Å². The van der Waals surface area contributed by atoms with Gasteiger partial charge in [-0.05, 0) is 39.7 Å². The zero-order valence-electron chi connectivity index (χ0n) is 7.78. The highest BCUT2D eigenvalue weighted by Crippen LogP contribution is 2.28. The van der Waals surface area contributed by atoms with Gasteiger partial charge in [0, 0.05) is 4.47 Å². The first-order chi connectivity index (χ1) is 7.18. The van der Waals surface area contributed by atoms with Gasteiger partial charge in [-0.25, -0.2) is 0 Å². The van der Waals surface area contributed by atoms with E-state index in [-0.39, 0.29) is 6.04 Å². The van der Waals surface area contributed by atoms with Crippen LogP contribution in [0, 0.1) is 0 Å². The summed E-state index contributed by atoms with van der Waals surface area (Å²) in [5.41, 5.74) is 7.10. The maximum Gasteiger partial charge on any atom is 0.169 e. The highest BCUT2D eigenvalue weighted by atomic mass is 79.9. The van der Waals surface area contributed by atoms with E-state index in [2.05, 4.69) is 31.9 Å². The number of furan rings is 1. The van der Waals surface area contributed by atoms with E-state index in [1.165, 1.54) is 0 Å². The molecule has 1 heterocycles. The quantitative estimate of drug-likeness (QED) is 0.908. The lowest BCUT2D eigenvalue weighted by Crippen LogP contribution is -2.11. The lowest BCUT2D eigenvalue weighted by molar-refractivity contribution is 0.470. The molecule has 0 saturated carbocycles. The van der Waals surface area contributed by atoms with Crippen molar-refractivity contribution < 1.29 is 4.42 Å². The summed E-state index contributed by atoms with van der Waals surface area (Å²) in [4.78, 5) is 0. The van der Waals surface area contributed by atoms with E-state index >= 15 is 0 Å². The molecule has 0 aliphatic rings. The fourth-order valence-corrected chi connectivity index (χ4v) is 2.23. The Morgan fingerprint density at radius 1 is 1.07 bits per heavy atom. The molecule has 2 rings (SSSR count). The van der Waals surface area contributed by atoms with Crippen molar-refractivity contribution in [2.45, 2.75) is 6.04 Å². The van der Waals surface area contributed by atoms with Crippen molar-refractivity contribution in [3.63, 3.8) is 0 Å². The van der Waals surface area contributed by atoms with Crippen molar-refractivity contribution in [2.75, 3.05) is 0 Å². The molecular weight excluding hydrogens is 322 g/mol. The highest BCUT2D eigenvalue weighted by Gasteiger charge is 2.14. The van der Waals surface area contributed by atoms with Crippen molar-refractivity contribution >= 4 is 31.9 Å². The van der Waals surface area contributed by atoms with Gasteiger partial charge in [-0.2, -0.15) is 0 Å². The number of hydrogen-bond donors (Lipinski definition) is 1. The Balaban J connectivity index is 2.36. The summed E-state index contributed by atoms with van der Waals surface area (Å²) in [5, 5.41) is 0. The maximum atomic E-state index is 6.09. The van der Waals surface area contributed by atoms with Gasteiger partial charge in [0.15, 0.2) is 4.67 Å². The monoisotopic (exact) mass is 329 g/mol. The van der Waals surface area contributed by atoms with Crippen LogP contribution in [0.1, 0.15) is 17.4 Å². The first-order valence-corrected chi connectivity index (χ1v) is 6.02. The van der Waals surface area contributed by atoms with Crippen LogP contribution in [0.4, 0.5) is 0 Å². The number of halogens is 2. The topological polar surface area (TPSA) is 39.2 Å². The van der Waals surface area contributed by atoms with Gasteiger partial charge in [0.1, 0.15) is 5.76 Å². The van der Waals surface area contributed by atoms with Gasteiger partial charge < -0.3 is 10.2 Å². The minimum Gasteiger partial charge on any atom is -0.452 e. The van der Waals surface area contributed by atoms with Gasteiger partial charge in [0.2, 0.25) is 0 Å². The van der Waals surface area contributed by atoms with E-state index in [0.717, 1.165) is 15.8 Å². The van der Waals surface area contributed by atoms with Gasteiger partial charge in [-0.15, -0.1) is 0 Å². The smallest absolute Gasteiger partial charge is 0.169 e. The Morgan fingerprint density at radius 2 is 1.80 bits per heavy atom. The van der Waals surface area contributed by atoms with Gasteiger partial charge in [0.05, 0.1) is 6.04 Å². The van der Waals surface area contributed by atoms with Gasteiger partial charge in [-0.1, -0.05) is 34.1 Å². The molecule has 0 bridgehead atoms. The number of nitrogens with two attached hydrogens (primary N) is 1. The fourth-order valence-electron chi connectivity index (χ4n) is 1.38. The van der Waals surface area contributed by atoms with Crippen LogP contribution >= 0.6 is 31.9 Å². The fraction of sp³-hybridized carbons (Fsp3) is 0.0909. The Morgan fingerprint density at radius 3 is 2.40 bits per heavy atom. The largest absolute Gasteiger partial charge is 0.452 e. The normalized spacial score (nSPS) is 12.7. The second-order valence-corrected chi connectivity index (χ2v) is 4.78. The Bertz CT molecular complexity index is 467. The zero-order valence-corrected chi connectivity index (χ0v) is 11.0. The summed E-state index contributed by atoms with van der Waals surface area (Å²) >= 11 is 6.73. The molecule has 2 N–H and O–H groups in total. The average molecular weight is 331 g/mol. The molecule has 0 saturated heterocycles. The maximum absolute atomic E-state index is 6.09. The van der Waals surface area contributed by atoms with Gasteiger partial charge in [-0.3, -0.25) is 0 Å². The summed E-state index contributed by atoms with van der Waals surface area (Å²) in [7, 11) is 0. The summed E-state index contributed by atoms with van der Waals surface area (Å²) in [6.45, 7) is 0. The van der Waals surface area contributed by atoms with Gasteiger partial charge in [0.25, 0.3) is 0 Å². The second-order valence-electron chi connectivity index (χ2n) is 3.14. The van der Waals surface area contributed by atoms with E-state index in [0.29, 0.717) is 4.67 Å². The minimum absolute atomic E-state index is 0.244. The number of hydrogen-bond acceptors (Lipinski definition) is 2. The predicted molar refractivity (Wildman–Crippen MR) is 66.6 cm³/mol. The second kappa shape index (κ2) is 4.51. The van der Waals surface area contributed by atoms with Crippen molar-refractivity contribution in [3.05, 3.63) is 56.9 Å². The molecule has 0 amide bonds. The Labute approximate surface area is 105 Å². The van der Waals surface area contributed by atoms with Crippen LogP contribution in [0.3, 0.4) is 0 Å². The Kier molecular flexibility index (Phi) is 3.29. The molecule has 4 heteroatoms. The minimum atomic E-state index is -0.244. The molecule has 0 aliphatic carbocycles. The summed E-state index contributed by atoms with van der Waals surface area (Å²) in [6.07, 6.45) is 0. The standard InChI is InChI=1S/C11H9Br2NO/c12-8-4-2-1-3-7(8)11(14)9-5-6-10(13)15-9/h1-6,11H,14H2. The summed E-state index contributed by atoms with van der Waals surface area (Å²) in [6, 6.07) is 11.3. The van der Waals surface area contributed by atoms with Crippen molar-refractivity contribution in [2.24, 2.45) is 5.73 Å². The van der Waals surface area contributed by atoms with E-state index in [9.17, 15) is 0 Å². The third-order valence-electron chi connectivity index (χ3n) is 2.14. The lowest BCUT2D eigenvalue weighted by Gasteiger charge is -2.10. The molecule has 0 aliphatic heterocycles. The Hall–Kier alpha value is -0.580. The molecule has 2 nitrogen and oxygen atoms in total. The molecule has 1 atom stereocenters. The first kappa shape index (κ1) is 10.9. The molecule has 1 aromatic heterocycles. The average Bonchev–Trinajstić information content (AvgIpc) is 2.65. The SMILES string of the molecule is NC(c1ccc(Br)o1)c1ccccc1Br. The third kappa shape index (κ3) is 2.33. The third-order valence-corrected chi connectivity index (χ3v) is 3.29. The lowest BCUT2D eigenvalue weighted by atomic mass is 10.1. The molecular formula is C11H9Br2NO. The van der Waals surface area contributed by atoms with Crippen LogP contribution in [0.2, 0.25) is 0 Å². The van der Waals surface area contributed by atoms with E-state index < -0.39 is 0 Å². The number of rotatable bonds is 2. The predicted octanol–water partition coefficient (Wildman–Crippen LogP) is 3.85. The summed E-state index contributed by atoms with van der Waals surface area (Å²) in [5.74, 6) is 0.744. The van der Waals surface area contributed by atoms with Crippen molar-refractivity contribution in [1.29, 1.82) is 0 Å². The molecule has 2 aromatic rings. The zero-order chi connectivity index (χ0) is 10.8. The molecule has 1 unspecified atom stereocenters. The van der Waals surface area contributed by atoms with E-state index in [4.69, 9.17) is 10.2 Å². The highest BCUT2D eigenvalue weighted by molar-refractivity contribution is 9.10. The molecule has 0 spiro atoms. The molecule has 15 heavy (non-hydrogen) atoms. The van der Waals surface area contributed by atoms with E-state index in [1.807, 2.05) is 36.4 Å². The molecule has 0 fully saturated rings. The summed E-state index contributed by atoms with van der Waals surface area (Å²) < 4.78 is 7.11. The number of benzene rings is 1. The van der Waals surface area contributed by atoms with Crippen LogP contribution < -0.4 is 5.73 Å². The first-order valence-electron chi connectivity index (χ1n) is 4.43. The van der Waals surface area contributed by atoms with Gasteiger partial charge >= 0.3 is 0 Å². The molecule has 1 aromatic carbocycles. The van der Waals surface area contributed by atoms with Crippen LogP contribution in [-0.2, 0) is 0 Å². The van der Waals surface area contributed by atoms with Crippen LogP contribution in [-0.4, -0.2) is 0 Å². The van der Waals surface area contributed by atoms with Crippen molar-refractivity contribution in [3.8, 4) is 0 Å². The van der Waals surface area contributed by atoms with Crippen LogP contribution in [0.5, 0.6) is 0 Å². The van der Waals surface area contributed by atoms with Crippen molar-refractivity contribution in [1.82, 2.24) is 0 Å². The molecule has 78 valence electrons. The molecule has 0 radical (unpaired) electrons. The van der Waals surface area contributed by atoms with Crippen LogP contribution in [0.25, 0.3) is 0 Å².